The minimum Gasteiger partial charge on any atom is -0.491 e. The number of carbonyl (C=O) groups is 1. The van der Waals surface area contributed by atoms with Crippen molar-refractivity contribution < 1.29 is 19.0 Å². The Bertz CT molecular complexity index is 1030. The molecule has 0 aromatic heterocycles. The molecule has 0 spiro atoms. The van der Waals surface area contributed by atoms with Gasteiger partial charge in [0.15, 0.2) is 5.79 Å². The fourth-order valence-electron chi connectivity index (χ4n) is 4.69. The third-order valence-corrected chi connectivity index (χ3v) is 6.87. The van der Waals surface area contributed by atoms with Crippen molar-refractivity contribution in [2.45, 2.75) is 46.0 Å². The highest BCUT2D eigenvalue weighted by Gasteiger charge is 2.47. The van der Waals surface area contributed by atoms with Crippen LogP contribution in [0, 0.1) is 5.41 Å². The maximum absolute atomic E-state index is 11.5. The van der Waals surface area contributed by atoms with Gasteiger partial charge in [-0.3, -0.25) is 4.79 Å². The fraction of sp³-hybridized carbons (Fsp3) is 0.519. The van der Waals surface area contributed by atoms with Crippen molar-refractivity contribution in [1.29, 1.82) is 0 Å². The van der Waals surface area contributed by atoms with Crippen LogP contribution in [0.3, 0.4) is 0 Å². The van der Waals surface area contributed by atoms with E-state index in [-0.39, 0.29) is 17.4 Å². The molecular formula is C27H34Cl2N2O4. The van der Waals surface area contributed by atoms with Gasteiger partial charge in [-0.2, -0.15) is 0 Å². The van der Waals surface area contributed by atoms with Crippen molar-refractivity contribution >= 4 is 34.8 Å². The Morgan fingerprint density at radius 3 is 2.37 bits per heavy atom. The molecule has 0 unspecified atom stereocenters. The lowest BCUT2D eigenvalue weighted by molar-refractivity contribution is -0.198. The second kappa shape index (κ2) is 10.6. The molecule has 0 saturated carbocycles. The zero-order valence-electron chi connectivity index (χ0n) is 20.9. The minimum absolute atomic E-state index is 0.0511. The molecule has 2 fully saturated rings. The lowest BCUT2D eigenvalue weighted by atomic mass is 9.84. The van der Waals surface area contributed by atoms with Gasteiger partial charge in [-0.05, 0) is 41.8 Å². The molecule has 6 nitrogen and oxygen atoms in total. The molecule has 2 aliphatic heterocycles. The van der Waals surface area contributed by atoms with Crippen molar-refractivity contribution in [2.75, 3.05) is 44.3 Å². The second-order valence-electron chi connectivity index (χ2n) is 10.5. The first-order chi connectivity index (χ1) is 16.5. The molecule has 0 bridgehead atoms. The van der Waals surface area contributed by atoms with Gasteiger partial charge >= 0.3 is 0 Å². The molecule has 2 saturated heterocycles. The number of carbonyl (C=O) groups excluding carboxylic acids is 1. The van der Waals surface area contributed by atoms with E-state index in [0.29, 0.717) is 29.7 Å². The van der Waals surface area contributed by atoms with E-state index in [1.54, 1.807) is 13.0 Å². The molecule has 4 rings (SSSR count). The summed E-state index contributed by atoms with van der Waals surface area (Å²) in [6.45, 7) is 12.0. The van der Waals surface area contributed by atoms with E-state index < -0.39 is 5.79 Å². The number of ether oxygens (including phenoxy) is 3. The summed E-state index contributed by atoms with van der Waals surface area (Å²) in [4.78, 5) is 15.7. The Morgan fingerprint density at radius 1 is 1.09 bits per heavy atom. The normalized spacial score (nSPS) is 23.0. The number of benzene rings is 2. The molecular weight excluding hydrogens is 487 g/mol. The van der Waals surface area contributed by atoms with E-state index in [9.17, 15) is 4.79 Å². The van der Waals surface area contributed by atoms with Crippen LogP contribution in [0.15, 0.2) is 42.5 Å². The van der Waals surface area contributed by atoms with Gasteiger partial charge in [0.25, 0.3) is 0 Å². The monoisotopic (exact) mass is 520 g/mol. The number of nitrogens with zero attached hydrogens (tertiary/aromatic N) is 2. The molecule has 2 heterocycles. The average molecular weight is 521 g/mol. The Labute approximate surface area is 218 Å². The lowest BCUT2D eigenvalue weighted by Gasteiger charge is -2.35. The number of rotatable bonds is 6. The molecule has 0 aliphatic carbocycles. The number of anilines is 1. The standard InChI is InChI=1S/C27H34Cl2N2O4/c1-19(32)30-11-13-31(14-12-30)21-6-8-22(9-7-21)33-16-23-17-34-27(35-23,18-26(2,3)4)24-10-5-20(28)15-25(24)29/h5-10,15,23H,11-14,16-18H2,1-4H3/t23-,27-/m0/s1. The molecule has 35 heavy (non-hydrogen) atoms. The molecule has 8 heteroatoms. The summed E-state index contributed by atoms with van der Waals surface area (Å²) >= 11 is 12.7. The first kappa shape index (κ1) is 26.1. The van der Waals surface area contributed by atoms with Gasteiger partial charge in [0, 0.05) is 55.8 Å². The molecule has 0 N–H and O–H groups in total. The lowest BCUT2D eigenvalue weighted by Crippen LogP contribution is -2.48. The number of amides is 1. The summed E-state index contributed by atoms with van der Waals surface area (Å²) in [5.74, 6) is -0.0336. The van der Waals surface area contributed by atoms with Gasteiger partial charge in [-0.25, -0.2) is 0 Å². The van der Waals surface area contributed by atoms with Gasteiger partial charge in [0.1, 0.15) is 18.5 Å². The van der Waals surface area contributed by atoms with Gasteiger partial charge in [0.05, 0.1) is 11.6 Å². The maximum atomic E-state index is 11.5. The number of hydrogen-bond acceptors (Lipinski definition) is 5. The van der Waals surface area contributed by atoms with Crippen LogP contribution in [0.4, 0.5) is 5.69 Å². The summed E-state index contributed by atoms with van der Waals surface area (Å²) in [7, 11) is 0. The van der Waals surface area contributed by atoms with Crippen LogP contribution < -0.4 is 9.64 Å². The Morgan fingerprint density at radius 2 is 1.77 bits per heavy atom. The Balaban J connectivity index is 1.37. The van der Waals surface area contributed by atoms with Crippen molar-refractivity contribution in [1.82, 2.24) is 4.90 Å². The third kappa shape index (κ3) is 6.42. The molecule has 0 radical (unpaired) electrons. The predicted octanol–water partition coefficient (Wildman–Crippen LogP) is 5.75. The summed E-state index contributed by atoms with van der Waals surface area (Å²) < 4.78 is 18.8. The largest absolute Gasteiger partial charge is 0.491 e. The summed E-state index contributed by atoms with van der Waals surface area (Å²) in [5, 5.41) is 1.11. The van der Waals surface area contributed by atoms with Crippen LogP contribution in [-0.2, 0) is 20.1 Å². The molecule has 1 amide bonds. The van der Waals surface area contributed by atoms with Gasteiger partial charge in [-0.15, -0.1) is 0 Å². The zero-order chi connectivity index (χ0) is 25.2. The van der Waals surface area contributed by atoms with Gasteiger partial charge in [0.2, 0.25) is 5.91 Å². The number of halogens is 2. The number of piperazine rings is 1. The van der Waals surface area contributed by atoms with E-state index >= 15 is 0 Å². The first-order valence-corrected chi connectivity index (χ1v) is 12.8. The Hall–Kier alpha value is -1.99. The van der Waals surface area contributed by atoms with Crippen LogP contribution in [0.25, 0.3) is 0 Å². The summed E-state index contributed by atoms with van der Waals surface area (Å²) in [6.07, 6.45) is 0.409. The predicted molar refractivity (Wildman–Crippen MR) is 139 cm³/mol. The van der Waals surface area contributed by atoms with Crippen molar-refractivity contribution in [3.05, 3.63) is 58.1 Å². The summed E-state index contributed by atoms with van der Waals surface area (Å²) in [5.41, 5.74) is 1.86. The van der Waals surface area contributed by atoms with Gasteiger partial charge in [-0.1, -0.05) is 50.0 Å². The third-order valence-electron chi connectivity index (χ3n) is 6.33. The highest BCUT2D eigenvalue weighted by atomic mass is 35.5. The average Bonchev–Trinajstić information content (AvgIpc) is 3.20. The van der Waals surface area contributed by atoms with Crippen molar-refractivity contribution in [3.63, 3.8) is 0 Å². The molecule has 2 aliphatic rings. The van der Waals surface area contributed by atoms with Crippen LogP contribution in [-0.4, -0.2) is 56.3 Å². The minimum atomic E-state index is -0.945. The highest BCUT2D eigenvalue weighted by Crippen LogP contribution is 2.46. The molecule has 190 valence electrons. The fourth-order valence-corrected chi connectivity index (χ4v) is 5.25. The number of hydrogen-bond donors (Lipinski definition) is 0. The summed E-state index contributed by atoms with van der Waals surface area (Å²) in [6, 6.07) is 13.5. The highest BCUT2D eigenvalue weighted by molar-refractivity contribution is 6.35. The topological polar surface area (TPSA) is 51.2 Å². The van der Waals surface area contributed by atoms with Gasteiger partial charge < -0.3 is 24.0 Å². The maximum Gasteiger partial charge on any atom is 0.219 e. The first-order valence-electron chi connectivity index (χ1n) is 12.1. The zero-order valence-corrected chi connectivity index (χ0v) is 22.4. The molecule has 2 aromatic rings. The molecule has 2 atom stereocenters. The van der Waals surface area contributed by atoms with E-state index in [4.69, 9.17) is 37.4 Å². The SMILES string of the molecule is CC(=O)N1CCN(c2ccc(OC[C@H]3CO[C@](CC(C)(C)C)(c4ccc(Cl)cc4Cl)O3)cc2)CC1. The van der Waals surface area contributed by atoms with E-state index in [1.165, 1.54) is 0 Å². The van der Waals surface area contributed by atoms with Crippen molar-refractivity contribution in [3.8, 4) is 5.75 Å². The van der Waals surface area contributed by atoms with Crippen LogP contribution in [0.2, 0.25) is 10.0 Å². The van der Waals surface area contributed by atoms with Crippen LogP contribution in [0.1, 0.15) is 39.7 Å². The smallest absolute Gasteiger partial charge is 0.219 e. The second-order valence-corrected chi connectivity index (χ2v) is 11.3. The molecule has 2 aromatic carbocycles. The van der Waals surface area contributed by atoms with Crippen LogP contribution >= 0.6 is 23.2 Å². The van der Waals surface area contributed by atoms with E-state index in [1.807, 2.05) is 29.2 Å². The van der Waals surface area contributed by atoms with E-state index in [0.717, 1.165) is 43.2 Å². The van der Waals surface area contributed by atoms with E-state index in [2.05, 4.69) is 37.8 Å². The quantitative estimate of drug-likeness (QED) is 0.485. The van der Waals surface area contributed by atoms with Crippen LogP contribution in [0.5, 0.6) is 5.75 Å². The van der Waals surface area contributed by atoms with Crippen molar-refractivity contribution in [2.24, 2.45) is 5.41 Å². The Kier molecular flexibility index (Phi) is 7.86.